The maximum absolute atomic E-state index is 6.03. The molecule has 3 rings (SSSR count). The van der Waals surface area contributed by atoms with Gasteiger partial charge in [-0.2, -0.15) is 0 Å². The lowest BCUT2D eigenvalue weighted by atomic mass is 10.2. The van der Waals surface area contributed by atoms with Gasteiger partial charge >= 0.3 is 0 Å². The summed E-state index contributed by atoms with van der Waals surface area (Å²) >= 11 is 6.03. The highest BCUT2D eigenvalue weighted by atomic mass is 35.5. The van der Waals surface area contributed by atoms with E-state index >= 15 is 0 Å². The van der Waals surface area contributed by atoms with Gasteiger partial charge in [0.1, 0.15) is 11.5 Å². The summed E-state index contributed by atoms with van der Waals surface area (Å²) in [5, 5.41) is 4.24. The predicted molar refractivity (Wildman–Crippen MR) is 80.4 cm³/mol. The third-order valence-electron chi connectivity index (χ3n) is 3.39. The topological polar surface area (TPSA) is 34.1 Å². The molecule has 0 amide bonds. The van der Waals surface area contributed by atoms with E-state index in [9.17, 15) is 0 Å². The van der Waals surface area contributed by atoms with Crippen molar-refractivity contribution in [2.45, 2.75) is 32.4 Å². The molecule has 1 aliphatic rings. The number of hydrogen-bond donors (Lipinski definition) is 1. The summed E-state index contributed by atoms with van der Waals surface area (Å²) < 4.78 is 5.94. The van der Waals surface area contributed by atoms with Crippen molar-refractivity contribution in [2.75, 3.05) is 0 Å². The van der Waals surface area contributed by atoms with Gasteiger partial charge in [-0.1, -0.05) is 11.6 Å². The zero-order chi connectivity index (χ0) is 13.9. The van der Waals surface area contributed by atoms with Crippen LogP contribution in [0.15, 0.2) is 36.7 Å². The first kappa shape index (κ1) is 13.4. The van der Waals surface area contributed by atoms with Gasteiger partial charge in [0.05, 0.1) is 6.20 Å². The van der Waals surface area contributed by atoms with Gasteiger partial charge in [0.2, 0.25) is 0 Å². The normalized spacial score (nSPS) is 14.3. The van der Waals surface area contributed by atoms with Gasteiger partial charge < -0.3 is 10.1 Å². The lowest BCUT2D eigenvalue weighted by molar-refractivity contribution is 0.469. The number of aromatic nitrogens is 1. The van der Waals surface area contributed by atoms with Gasteiger partial charge in [0.15, 0.2) is 0 Å². The molecule has 1 aliphatic carbocycles. The van der Waals surface area contributed by atoms with Crippen LogP contribution in [0.3, 0.4) is 0 Å². The molecule has 1 aromatic heterocycles. The van der Waals surface area contributed by atoms with Crippen molar-refractivity contribution < 1.29 is 4.74 Å². The zero-order valence-corrected chi connectivity index (χ0v) is 12.2. The second-order valence-corrected chi connectivity index (χ2v) is 5.56. The molecule has 3 nitrogen and oxygen atoms in total. The Hall–Kier alpha value is -1.58. The van der Waals surface area contributed by atoms with Crippen LogP contribution in [0, 0.1) is 6.92 Å². The average Bonchev–Trinajstić information content (AvgIpc) is 3.26. The van der Waals surface area contributed by atoms with Gasteiger partial charge in [-0.15, -0.1) is 0 Å². The lowest BCUT2D eigenvalue weighted by Crippen LogP contribution is -2.15. The molecular formula is C16H17ClN2O. The number of halogens is 1. The largest absolute Gasteiger partial charge is 0.455 e. The Kier molecular flexibility index (Phi) is 3.90. The smallest absolute Gasteiger partial charge is 0.150 e. The Morgan fingerprint density at radius 3 is 2.95 bits per heavy atom. The van der Waals surface area contributed by atoms with E-state index in [1.165, 1.54) is 12.8 Å². The molecule has 1 saturated carbocycles. The van der Waals surface area contributed by atoms with Crippen molar-refractivity contribution >= 4 is 11.6 Å². The second kappa shape index (κ2) is 5.81. The molecule has 2 aromatic rings. The van der Waals surface area contributed by atoms with E-state index in [-0.39, 0.29) is 0 Å². The van der Waals surface area contributed by atoms with Gasteiger partial charge in [0.25, 0.3) is 0 Å². The highest BCUT2D eigenvalue weighted by molar-refractivity contribution is 6.31. The number of rotatable bonds is 5. The van der Waals surface area contributed by atoms with E-state index in [1.54, 1.807) is 12.4 Å². The molecule has 20 heavy (non-hydrogen) atoms. The maximum Gasteiger partial charge on any atom is 0.150 e. The Morgan fingerprint density at radius 1 is 1.35 bits per heavy atom. The molecule has 1 fully saturated rings. The summed E-state index contributed by atoms with van der Waals surface area (Å²) in [4.78, 5) is 4.15. The number of ether oxygens (including phenoxy) is 1. The first-order valence-electron chi connectivity index (χ1n) is 6.82. The van der Waals surface area contributed by atoms with Crippen molar-refractivity contribution in [2.24, 2.45) is 0 Å². The van der Waals surface area contributed by atoms with Crippen LogP contribution >= 0.6 is 11.6 Å². The third kappa shape index (κ3) is 3.30. The minimum atomic E-state index is 0.675. The van der Waals surface area contributed by atoms with E-state index < -0.39 is 0 Å². The maximum atomic E-state index is 6.03. The van der Waals surface area contributed by atoms with E-state index in [2.05, 4.69) is 10.3 Å². The molecule has 0 spiro atoms. The number of aryl methyl sites for hydroxylation is 1. The number of hydrogen-bond acceptors (Lipinski definition) is 3. The van der Waals surface area contributed by atoms with Gasteiger partial charge in [-0.25, -0.2) is 0 Å². The number of pyridine rings is 1. The summed E-state index contributed by atoms with van der Waals surface area (Å²) in [6, 6.07) is 8.33. The van der Waals surface area contributed by atoms with Gasteiger partial charge in [-0.3, -0.25) is 4.98 Å². The fourth-order valence-electron chi connectivity index (χ4n) is 2.00. The minimum Gasteiger partial charge on any atom is -0.455 e. The minimum absolute atomic E-state index is 0.675. The van der Waals surface area contributed by atoms with Crippen LogP contribution in [-0.2, 0) is 6.54 Å². The van der Waals surface area contributed by atoms with Crippen LogP contribution in [0.2, 0.25) is 5.02 Å². The first-order valence-corrected chi connectivity index (χ1v) is 7.20. The van der Waals surface area contributed by atoms with E-state index in [0.717, 1.165) is 34.2 Å². The van der Waals surface area contributed by atoms with Crippen LogP contribution < -0.4 is 10.1 Å². The number of nitrogens with one attached hydrogen (secondary N) is 1. The quantitative estimate of drug-likeness (QED) is 0.900. The van der Waals surface area contributed by atoms with Gasteiger partial charge in [-0.05, 0) is 49.6 Å². The summed E-state index contributed by atoms with van der Waals surface area (Å²) in [6.45, 7) is 2.78. The molecule has 1 aromatic carbocycles. The Balaban J connectivity index is 1.76. The Labute approximate surface area is 123 Å². The molecule has 0 radical (unpaired) electrons. The molecule has 1 N–H and O–H groups in total. The summed E-state index contributed by atoms with van der Waals surface area (Å²) in [7, 11) is 0. The molecule has 0 bridgehead atoms. The Morgan fingerprint density at radius 2 is 2.20 bits per heavy atom. The molecule has 0 saturated heterocycles. The SMILES string of the molecule is Cc1cc(Oc2cnccc2CNC2CC2)ccc1Cl. The zero-order valence-electron chi connectivity index (χ0n) is 11.4. The van der Waals surface area contributed by atoms with Crippen molar-refractivity contribution in [3.8, 4) is 11.5 Å². The standard InChI is InChI=1S/C16H17ClN2O/c1-11-8-14(4-5-15(11)17)20-16-10-18-7-6-12(16)9-19-13-2-3-13/h4-8,10,13,19H,2-3,9H2,1H3. The van der Waals surface area contributed by atoms with Crippen molar-refractivity contribution in [1.29, 1.82) is 0 Å². The Bertz CT molecular complexity index is 611. The van der Waals surface area contributed by atoms with Crippen LogP contribution in [-0.4, -0.2) is 11.0 Å². The van der Waals surface area contributed by atoms with Gasteiger partial charge in [0, 0.05) is 29.4 Å². The van der Waals surface area contributed by atoms with Crippen LogP contribution in [0.4, 0.5) is 0 Å². The number of benzene rings is 1. The van der Waals surface area contributed by atoms with Crippen molar-refractivity contribution in [3.63, 3.8) is 0 Å². The van der Waals surface area contributed by atoms with Crippen LogP contribution in [0.25, 0.3) is 0 Å². The predicted octanol–water partition coefficient (Wildman–Crippen LogP) is 4.09. The summed E-state index contributed by atoms with van der Waals surface area (Å²) in [5.74, 6) is 1.58. The fraction of sp³-hybridized carbons (Fsp3) is 0.312. The van der Waals surface area contributed by atoms with Crippen LogP contribution in [0.5, 0.6) is 11.5 Å². The van der Waals surface area contributed by atoms with E-state index in [0.29, 0.717) is 6.04 Å². The fourth-order valence-corrected chi connectivity index (χ4v) is 2.11. The third-order valence-corrected chi connectivity index (χ3v) is 3.81. The second-order valence-electron chi connectivity index (χ2n) is 5.15. The molecule has 1 heterocycles. The highest BCUT2D eigenvalue weighted by Gasteiger charge is 2.20. The van der Waals surface area contributed by atoms with Crippen LogP contribution in [0.1, 0.15) is 24.0 Å². The lowest BCUT2D eigenvalue weighted by Gasteiger charge is -2.12. The van der Waals surface area contributed by atoms with Crippen molar-refractivity contribution in [3.05, 3.63) is 52.8 Å². The molecular weight excluding hydrogens is 272 g/mol. The monoisotopic (exact) mass is 288 g/mol. The van der Waals surface area contributed by atoms with E-state index in [1.807, 2.05) is 31.2 Å². The highest BCUT2D eigenvalue weighted by Crippen LogP contribution is 2.28. The molecule has 0 aliphatic heterocycles. The first-order chi connectivity index (χ1) is 9.72. The molecule has 4 heteroatoms. The summed E-state index contributed by atoms with van der Waals surface area (Å²) in [5.41, 5.74) is 2.13. The average molecular weight is 289 g/mol. The molecule has 0 unspecified atom stereocenters. The van der Waals surface area contributed by atoms with E-state index in [4.69, 9.17) is 16.3 Å². The summed E-state index contributed by atoms with van der Waals surface area (Å²) in [6.07, 6.45) is 6.10. The molecule has 104 valence electrons. The van der Waals surface area contributed by atoms with Crippen molar-refractivity contribution in [1.82, 2.24) is 10.3 Å². The molecule has 0 atom stereocenters. The number of nitrogens with zero attached hydrogens (tertiary/aromatic N) is 1.